The summed E-state index contributed by atoms with van der Waals surface area (Å²) in [6, 6.07) is 0. The van der Waals surface area contributed by atoms with Crippen molar-refractivity contribution in [3.63, 3.8) is 0 Å². The third-order valence-corrected chi connectivity index (χ3v) is 21.5. The first kappa shape index (κ1) is 61.6. The number of carbonyl (C=O) groups is 1. The van der Waals surface area contributed by atoms with Crippen LogP contribution in [-0.2, 0) is 85.3 Å². The van der Waals surface area contributed by atoms with E-state index in [1.165, 1.54) is 0 Å². The Kier molecular flexibility index (Phi) is 19.9. The van der Waals surface area contributed by atoms with Gasteiger partial charge in [-0.05, 0) is 109 Å². The van der Waals surface area contributed by atoms with Crippen LogP contribution in [0.2, 0.25) is 0 Å². The third-order valence-electron chi connectivity index (χ3n) is 21.5. The lowest BCUT2D eigenvalue weighted by atomic mass is 9.34. The highest BCUT2D eigenvalue weighted by Gasteiger charge is 2.68. The number of carbonyl (C=O) groups excluding carboxylic acids is 1. The predicted molar refractivity (Wildman–Crippen MR) is 283 cm³/mol. The van der Waals surface area contributed by atoms with E-state index in [1.54, 1.807) is 83.8 Å². The first-order valence-electron chi connectivity index (χ1n) is 28.6. The van der Waals surface area contributed by atoms with E-state index >= 15 is 0 Å². The molecular formula is C59H100O18. The largest absolute Gasteiger partial charge is 0.432 e. The van der Waals surface area contributed by atoms with Gasteiger partial charge in [0.05, 0.1) is 31.8 Å². The number of hydrogen-bond donors (Lipinski definition) is 0. The molecule has 18 nitrogen and oxygen atoms in total. The van der Waals surface area contributed by atoms with Crippen molar-refractivity contribution in [2.75, 3.05) is 98.0 Å². The number of methoxy groups -OCH3 is 11. The lowest BCUT2D eigenvalue weighted by Crippen LogP contribution is -2.67. The summed E-state index contributed by atoms with van der Waals surface area (Å²) in [5, 5.41) is 0. The monoisotopic (exact) mass is 1100 g/mol. The van der Waals surface area contributed by atoms with Crippen molar-refractivity contribution in [3.8, 4) is 0 Å². The fourth-order valence-electron chi connectivity index (χ4n) is 17.7. The molecule has 0 aromatic heterocycles. The minimum absolute atomic E-state index is 0.0232. The second-order valence-corrected chi connectivity index (χ2v) is 25.9. The minimum atomic E-state index is -0.967. The standard InChI is InChI=1S/C59H100O18/c1-55(2)27-33-32(34(28-55)51(60)77-54-49(70-17)46(67-14)43(65-12)37(73-54)30-62-9)21-25-58(6)35(33)19-20-40-57(5)24-23-41(56(3,4)39(57)22-26-59(40,58)7)75-52-50(71-18)47(68-15)44(38(74-52)31-63-10)76-53-48(69-16)45(66-13)42(64-11)36(72-53)29-61-8/h19,32-34,36-50,52-54H,20-31H2,1-18H3. The van der Waals surface area contributed by atoms with Crippen LogP contribution in [0.15, 0.2) is 11.6 Å². The molecule has 0 amide bonds. The maximum atomic E-state index is 14.8. The molecule has 18 heteroatoms. The van der Waals surface area contributed by atoms with Crippen molar-refractivity contribution in [1.29, 1.82) is 0 Å². The smallest absolute Gasteiger partial charge is 0.311 e. The number of hydrogen-bond acceptors (Lipinski definition) is 18. The van der Waals surface area contributed by atoms with E-state index < -0.39 is 92.1 Å². The highest BCUT2D eigenvalue weighted by Crippen LogP contribution is 2.75. The molecule has 8 rings (SSSR count). The molecule has 77 heavy (non-hydrogen) atoms. The van der Waals surface area contributed by atoms with Crippen LogP contribution >= 0.6 is 0 Å². The number of allylic oxidation sites excluding steroid dienone is 2. The van der Waals surface area contributed by atoms with Crippen LogP contribution in [0.5, 0.6) is 0 Å². The van der Waals surface area contributed by atoms with E-state index in [0.29, 0.717) is 11.8 Å². The topological polar surface area (TPSA) is 174 Å². The van der Waals surface area contributed by atoms with Crippen LogP contribution in [0.25, 0.3) is 0 Å². The minimum Gasteiger partial charge on any atom is -0.432 e. The van der Waals surface area contributed by atoms with Crippen molar-refractivity contribution in [1.82, 2.24) is 0 Å². The summed E-state index contributed by atoms with van der Waals surface area (Å²) in [5.74, 6) is 0.798. The Morgan fingerprint density at radius 1 is 0.519 bits per heavy atom. The Hall–Kier alpha value is -1.43. The number of ether oxygens (including phenoxy) is 17. The molecule has 0 N–H and O–H groups in total. The van der Waals surface area contributed by atoms with Gasteiger partial charge in [-0.3, -0.25) is 4.79 Å². The van der Waals surface area contributed by atoms with Crippen molar-refractivity contribution in [3.05, 3.63) is 11.6 Å². The highest BCUT2D eigenvalue weighted by molar-refractivity contribution is 5.73. The van der Waals surface area contributed by atoms with E-state index in [4.69, 9.17) is 80.5 Å². The van der Waals surface area contributed by atoms with Gasteiger partial charge in [0.2, 0.25) is 6.29 Å². The molecule has 24 unspecified atom stereocenters. The molecule has 0 radical (unpaired) electrons. The van der Waals surface area contributed by atoms with Gasteiger partial charge in [-0.15, -0.1) is 0 Å². The van der Waals surface area contributed by atoms with Gasteiger partial charge < -0.3 is 80.5 Å². The Morgan fingerprint density at radius 3 is 1.52 bits per heavy atom. The van der Waals surface area contributed by atoms with Gasteiger partial charge in [-0.2, -0.15) is 0 Å². The highest BCUT2D eigenvalue weighted by atomic mass is 16.8. The van der Waals surface area contributed by atoms with Crippen LogP contribution in [0.1, 0.15) is 106 Å². The molecule has 444 valence electrons. The molecule has 8 aliphatic rings. The number of fused-ring (bicyclic) bond motifs is 7. The van der Waals surface area contributed by atoms with Crippen LogP contribution in [0.4, 0.5) is 0 Å². The SMILES string of the molecule is COCC1OC(OC(=O)C2CC(C)(C)CC3C4=CCC5C6(C)CCC(OC7OC(COC)C(OC8OC(COC)C(OC)C(OC)C8OC)C(OC)C7OC)C(C)(C)C6CCC5(C)C4(C)CCC23)C(OC)C(OC)C1OC. The van der Waals surface area contributed by atoms with Gasteiger partial charge in [0.15, 0.2) is 12.6 Å². The summed E-state index contributed by atoms with van der Waals surface area (Å²) in [4.78, 5) is 14.8. The molecule has 24 atom stereocenters. The van der Waals surface area contributed by atoms with E-state index in [2.05, 4.69) is 54.5 Å². The molecule has 0 aromatic rings. The molecule has 3 aliphatic heterocycles. The Balaban J connectivity index is 0.996. The van der Waals surface area contributed by atoms with Gasteiger partial charge in [0.25, 0.3) is 0 Å². The van der Waals surface area contributed by atoms with Gasteiger partial charge >= 0.3 is 5.97 Å². The van der Waals surface area contributed by atoms with Crippen molar-refractivity contribution >= 4 is 5.97 Å². The first-order valence-corrected chi connectivity index (χ1v) is 28.6. The van der Waals surface area contributed by atoms with Gasteiger partial charge in [-0.25, -0.2) is 0 Å². The average molecular weight is 1100 g/mol. The molecule has 3 saturated heterocycles. The maximum Gasteiger partial charge on any atom is 0.311 e. The molecular weight excluding hydrogens is 997 g/mol. The summed E-state index contributed by atoms with van der Waals surface area (Å²) in [5.41, 5.74) is 1.38. The zero-order valence-corrected chi connectivity index (χ0v) is 50.0. The summed E-state index contributed by atoms with van der Waals surface area (Å²) < 4.78 is 105. The fraction of sp³-hybridized carbons (Fsp3) is 0.949. The first-order chi connectivity index (χ1) is 36.7. The number of esters is 1. The summed E-state index contributed by atoms with van der Waals surface area (Å²) in [6.07, 6.45) is 1.97. The fourth-order valence-corrected chi connectivity index (χ4v) is 17.7. The zero-order valence-electron chi connectivity index (χ0n) is 50.0. The molecule has 0 aromatic carbocycles. The van der Waals surface area contributed by atoms with Crippen molar-refractivity contribution in [2.45, 2.75) is 204 Å². The van der Waals surface area contributed by atoms with E-state index in [0.717, 1.165) is 57.8 Å². The molecule has 5 aliphatic carbocycles. The molecule has 0 bridgehead atoms. The zero-order chi connectivity index (χ0) is 56.0. The predicted octanol–water partition coefficient (Wildman–Crippen LogP) is 7.19. The van der Waals surface area contributed by atoms with Crippen LogP contribution in [0.3, 0.4) is 0 Å². The van der Waals surface area contributed by atoms with Gasteiger partial charge in [0, 0.05) is 78.2 Å². The van der Waals surface area contributed by atoms with Crippen molar-refractivity contribution in [2.24, 2.45) is 56.7 Å². The van der Waals surface area contributed by atoms with E-state index in [1.807, 2.05) is 0 Å². The molecule has 4 saturated carbocycles. The van der Waals surface area contributed by atoms with Crippen molar-refractivity contribution < 1.29 is 85.3 Å². The quantitative estimate of drug-likeness (QED) is 0.0680. The number of rotatable bonds is 20. The van der Waals surface area contributed by atoms with Crippen LogP contribution in [0, 0.1) is 56.7 Å². The van der Waals surface area contributed by atoms with Gasteiger partial charge in [0.1, 0.15) is 73.2 Å². The summed E-state index contributed by atoms with van der Waals surface area (Å²) >= 11 is 0. The summed E-state index contributed by atoms with van der Waals surface area (Å²) in [7, 11) is 17.9. The lowest BCUT2D eigenvalue weighted by Gasteiger charge is -2.71. The average Bonchev–Trinajstić information content (AvgIpc) is 3.43. The second-order valence-electron chi connectivity index (χ2n) is 25.9. The Morgan fingerprint density at radius 2 is 1.00 bits per heavy atom. The van der Waals surface area contributed by atoms with Gasteiger partial charge in [-0.1, -0.05) is 60.1 Å². The van der Waals surface area contributed by atoms with E-state index in [-0.39, 0.29) is 76.7 Å². The molecule has 3 heterocycles. The van der Waals surface area contributed by atoms with Crippen LogP contribution in [-0.4, -0.2) is 202 Å². The normalized spacial score (nSPS) is 47.4. The lowest BCUT2D eigenvalue weighted by molar-refractivity contribution is -0.375. The van der Waals surface area contributed by atoms with Crippen LogP contribution < -0.4 is 0 Å². The second kappa shape index (κ2) is 24.8. The van der Waals surface area contributed by atoms with E-state index in [9.17, 15) is 4.79 Å². The Bertz CT molecular complexity index is 1970. The molecule has 0 spiro atoms. The maximum absolute atomic E-state index is 14.8. The summed E-state index contributed by atoms with van der Waals surface area (Å²) in [6.45, 7) is 18.0. The molecule has 7 fully saturated rings. The third kappa shape index (κ3) is 10.9. The Labute approximate surface area is 460 Å².